The standard InChI is InChI=1S/C10H15BO2S/c1-2-7-14-8-9-3-5-10(6-4-9)11(12)13/h3-6,12-13H,2,7-8H2,1H3. The molecule has 0 atom stereocenters. The molecule has 4 heteroatoms. The Morgan fingerprint density at radius 3 is 2.36 bits per heavy atom. The van der Waals surface area contributed by atoms with Gasteiger partial charge in [0.05, 0.1) is 0 Å². The molecule has 0 bridgehead atoms. The number of hydrogen-bond acceptors (Lipinski definition) is 3. The Bertz CT molecular complexity index is 261. The Balaban J connectivity index is 2.47. The third-order valence-electron chi connectivity index (χ3n) is 1.90. The monoisotopic (exact) mass is 210 g/mol. The Hall–Kier alpha value is -0.445. The van der Waals surface area contributed by atoms with Crippen molar-refractivity contribution >= 4 is 24.3 Å². The van der Waals surface area contributed by atoms with Crippen molar-refractivity contribution in [2.45, 2.75) is 19.1 Å². The summed E-state index contributed by atoms with van der Waals surface area (Å²) in [4.78, 5) is 0. The van der Waals surface area contributed by atoms with Crippen LogP contribution in [0.5, 0.6) is 0 Å². The van der Waals surface area contributed by atoms with Crippen molar-refractivity contribution in [3.05, 3.63) is 29.8 Å². The van der Waals surface area contributed by atoms with E-state index < -0.39 is 7.12 Å². The molecule has 0 saturated carbocycles. The minimum absolute atomic E-state index is 0.550. The van der Waals surface area contributed by atoms with Gasteiger partial charge in [-0.1, -0.05) is 31.2 Å². The normalized spacial score (nSPS) is 10.2. The molecule has 1 aromatic rings. The van der Waals surface area contributed by atoms with E-state index >= 15 is 0 Å². The smallest absolute Gasteiger partial charge is 0.423 e. The fourth-order valence-electron chi connectivity index (χ4n) is 1.12. The van der Waals surface area contributed by atoms with Crippen LogP contribution in [-0.4, -0.2) is 22.9 Å². The van der Waals surface area contributed by atoms with Crippen molar-refractivity contribution in [2.24, 2.45) is 0 Å². The molecule has 0 heterocycles. The summed E-state index contributed by atoms with van der Waals surface area (Å²) in [6, 6.07) is 7.40. The lowest BCUT2D eigenvalue weighted by Crippen LogP contribution is -2.29. The van der Waals surface area contributed by atoms with Crippen molar-refractivity contribution in [3.63, 3.8) is 0 Å². The highest BCUT2D eigenvalue weighted by Crippen LogP contribution is 2.11. The molecule has 0 radical (unpaired) electrons. The van der Waals surface area contributed by atoms with Gasteiger partial charge in [0.15, 0.2) is 0 Å². The minimum atomic E-state index is -1.35. The largest absolute Gasteiger partial charge is 0.488 e. The van der Waals surface area contributed by atoms with Crippen LogP contribution in [0.2, 0.25) is 0 Å². The van der Waals surface area contributed by atoms with E-state index in [1.165, 1.54) is 17.7 Å². The van der Waals surface area contributed by atoms with Crippen LogP contribution in [0, 0.1) is 0 Å². The van der Waals surface area contributed by atoms with Gasteiger partial charge in [-0.3, -0.25) is 0 Å². The molecule has 0 aliphatic carbocycles. The zero-order valence-corrected chi connectivity index (χ0v) is 9.13. The number of thioether (sulfide) groups is 1. The van der Waals surface area contributed by atoms with Crippen molar-refractivity contribution in [1.82, 2.24) is 0 Å². The Morgan fingerprint density at radius 2 is 1.86 bits per heavy atom. The quantitative estimate of drug-likeness (QED) is 0.562. The first-order valence-electron chi connectivity index (χ1n) is 4.76. The molecule has 0 spiro atoms. The maximum Gasteiger partial charge on any atom is 0.488 e. The average Bonchev–Trinajstić information content (AvgIpc) is 2.19. The van der Waals surface area contributed by atoms with E-state index in [9.17, 15) is 0 Å². The maximum atomic E-state index is 8.88. The summed E-state index contributed by atoms with van der Waals surface area (Å²) in [6.07, 6.45) is 1.19. The van der Waals surface area contributed by atoms with Crippen LogP contribution in [0.1, 0.15) is 18.9 Å². The molecule has 0 amide bonds. The van der Waals surface area contributed by atoms with Gasteiger partial charge in [-0.15, -0.1) is 0 Å². The molecule has 0 aromatic heterocycles. The molecule has 0 saturated heterocycles. The van der Waals surface area contributed by atoms with Gasteiger partial charge in [-0.2, -0.15) is 11.8 Å². The first kappa shape index (κ1) is 11.6. The summed E-state index contributed by atoms with van der Waals surface area (Å²) < 4.78 is 0. The Labute approximate surface area is 89.5 Å². The molecule has 2 N–H and O–H groups in total. The van der Waals surface area contributed by atoms with E-state index in [-0.39, 0.29) is 0 Å². The summed E-state index contributed by atoms with van der Waals surface area (Å²) in [5.41, 5.74) is 1.78. The molecule has 14 heavy (non-hydrogen) atoms. The zero-order valence-electron chi connectivity index (χ0n) is 8.31. The lowest BCUT2D eigenvalue weighted by molar-refractivity contribution is 0.426. The molecule has 2 nitrogen and oxygen atoms in total. The predicted molar refractivity (Wildman–Crippen MR) is 62.7 cm³/mol. The molecule has 76 valence electrons. The van der Waals surface area contributed by atoms with Crippen molar-refractivity contribution < 1.29 is 10.0 Å². The highest BCUT2D eigenvalue weighted by molar-refractivity contribution is 7.98. The van der Waals surface area contributed by atoms with E-state index in [1.54, 1.807) is 12.1 Å². The van der Waals surface area contributed by atoms with E-state index in [2.05, 4.69) is 6.92 Å². The number of hydrogen-bond donors (Lipinski definition) is 2. The van der Waals surface area contributed by atoms with Gasteiger partial charge in [0.1, 0.15) is 0 Å². The van der Waals surface area contributed by atoms with E-state index in [0.717, 1.165) is 5.75 Å². The van der Waals surface area contributed by atoms with Gasteiger partial charge in [0, 0.05) is 5.75 Å². The first-order valence-corrected chi connectivity index (χ1v) is 5.92. The SMILES string of the molecule is CCCSCc1ccc(B(O)O)cc1. The molecule has 0 unspecified atom stereocenters. The van der Waals surface area contributed by atoms with Crippen LogP contribution in [0.4, 0.5) is 0 Å². The minimum Gasteiger partial charge on any atom is -0.423 e. The second kappa shape index (κ2) is 6.12. The summed E-state index contributed by atoms with van der Waals surface area (Å²) in [7, 11) is -1.35. The maximum absolute atomic E-state index is 8.88. The van der Waals surface area contributed by atoms with Crippen LogP contribution in [-0.2, 0) is 5.75 Å². The van der Waals surface area contributed by atoms with Crippen molar-refractivity contribution in [1.29, 1.82) is 0 Å². The van der Waals surface area contributed by atoms with Crippen LogP contribution in [0.25, 0.3) is 0 Å². The van der Waals surface area contributed by atoms with Crippen molar-refractivity contribution in [2.75, 3.05) is 5.75 Å². The van der Waals surface area contributed by atoms with Crippen LogP contribution in [0.15, 0.2) is 24.3 Å². The zero-order chi connectivity index (χ0) is 10.4. The lowest BCUT2D eigenvalue weighted by atomic mass is 9.80. The third kappa shape index (κ3) is 3.74. The lowest BCUT2D eigenvalue weighted by Gasteiger charge is -2.02. The Kier molecular flexibility index (Phi) is 5.08. The van der Waals surface area contributed by atoms with E-state index in [0.29, 0.717) is 5.46 Å². The van der Waals surface area contributed by atoms with Crippen molar-refractivity contribution in [3.8, 4) is 0 Å². The van der Waals surface area contributed by atoms with Crippen LogP contribution in [0.3, 0.4) is 0 Å². The highest BCUT2D eigenvalue weighted by atomic mass is 32.2. The first-order chi connectivity index (χ1) is 6.74. The molecule has 0 fully saturated rings. The topological polar surface area (TPSA) is 40.5 Å². The number of rotatable bonds is 5. The Morgan fingerprint density at radius 1 is 1.21 bits per heavy atom. The van der Waals surface area contributed by atoms with Gasteiger partial charge in [0.25, 0.3) is 0 Å². The predicted octanol–water partition coefficient (Wildman–Crippen LogP) is 1.01. The van der Waals surface area contributed by atoms with Gasteiger partial charge < -0.3 is 10.0 Å². The molecule has 0 aliphatic heterocycles. The molecule has 1 rings (SSSR count). The van der Waals surface area contributed by atoms with E-state index in [1.807, 2.05) is 23.9 Å². The fraction of sp³-hybridized carbons (Fsp3) is 0.400. The van der Waals surface area contributed by atoms with Gasteiger partial charge >= 0.3 is 7.12 Å². The highest BCUT2D eigenvalue weighted by Gasteiger charge is 2.09. The summed E-state index contributed by atoms with van der Waals surface area (Å²) >= 11 is 1.90. The number of benzene rings is 1. The van der Waals surface area contributed by atoms with Gasteiger partial charge in [-0.25, -0.2) is 0 Å². The molecular weight excluding hydrogens is 195 g/mol. The van der Waals surface area contributed by atoms with Gasteiger partial charge in [0.2, 0.25) is 0 Å². The van der Waals surface area contributed by atoms with E-state index in [4.69, 9.17) is 10.0 Å². The van der Waals surface area contributed by atoms with Gasteiger partial charge in [-0.05, 0) is 23.2 Å². The van der Waals surface area contributed by atoms with Crippen LogP contribution >= 0.6 is 11.8 Å². The molecule has 1 aromatic carbocycles. The van der Waals surface area contributed by atoms with Crippen LogP contribution < -0.4 is 5.46 Å². The average molecular weight is 210 g/mol. The molecule has 0 aliphatic rings. The fourth-order valence-corrected chi connectivity index (χ4v) is 1.98. The summed E-state index contributed by atoms with van der Waals surface area (Å²) in [5, 5.41) is 17.8. The molecular formula is C10H15BO2S. The second-order valence-electron chi connectivity index (χ2n) is 3.17. The summed E-state index contributed by atoms with van der Waals surface area (Å²) in [5.74, 6) is 2.17. The summed E-state index contributed by atoms with van der Waals surface area (Å²) in [6.45, 7) is 2.16. The second-order valence-corrected chi connectivity index (χ2v) is 4.27. The third-order valence-corrected chi connectivity index (χ3v) is 3.13.